The monoisotopic (exact) mass is 436 g/mol. The number of esters is 3. The van der Waals surface area contributed by atoms with E-state index in [4.69, 9.17) is 23.0 Å². The van der Waals surface area contributed by atoms with E-state index in [0.717, 1.165) is 5.56 Å². The molecule has 1 atom stereocenters. The Morgan fingerprint density at radius 1 is 1.19 bits per heavy atom. The molecule has 3 aromatic heterocycles. The molecule has 0 saturated heterocycles. The second-order valence-electron chi connectivity index (χ2n) is 8.32. The fourth-order valence-corrected chi connectivity index (χ4v) is 4.31. The quantitative estimate of drug-likeness (QED) is 0.299. The highest BCUT2D eigenvalue weighted by Crippen LogP contribution is 2.55. The van der Waals surface area contributed by atoms with E-state index in [-0.39, 0.29) is 25.0 Å². The van der Waals surface area contributed by atoms with Crippen LogP contribution in [-0.2, 0) is 37.4 Å². The Morgan fingerprint density at radius 2 is 1.97 bits per heavy atom. The van der Waals surface area contributed by atoms with Crippen LogP contribution in [-0.4, -0.2) is 24.5 Å². The van der Waals surface area contributed by atoms with Crippen molar-refractivity contribution in [1.82, 2.24) is 0 Å². The molecular formula is C24H20O8. The minimum Gasteiger partial charge on any atom is -0.462 e. The van der Waals surface area contributed by atoms with Crippen molar-refractivity contribution in [3.63, 3.8) is 0 Å². The van der Waals surface area contributed by atoms with Gasteiger partial charge in [-0.05, 0) is 25.5 Å². The lowest BCUT2D eigenvalue weighted by atomic mass is 9.75. The summed E-state index contributed by atoms with van der Waals surface area (Å²) in [6.07, 6.45) is 0.613. The largest absolute Gasteiger partial charge is 0.462 e. The molecule has 5 rings (SSSR count). The molecule has 2 aliphatic rings. The third kappa shape index (κ3) is 2.86. The summed E-state index contributed by atoms with van der Waals surface area (Å²) in [5.74, 6) is 0.0314. The number of rotatable bonds is 8. The van der Waals surface area contributed by atoms with Gasteiger partial charge in [0.05, 0.1) is 6.61 Å². The zero-order valence-electron chi connectivity index (χ0n) is 17.7. The van der Waals surface area contributed by atoms with Gasteiger partial charge in [0.15, 0.2) is 22.8 Å². The fraction of sp³-hybridized carbons (Fsp3) is 0.292. The Kier molecular flexibility index (Phi) is 4.30. The van der Waals surface area contributed by atoms with Gasteiger partial charge in [0.1, 0.15) is 16.8 Å². The summed E-state index contributed by atoms with van der Waals surface area (Å²) < 4.78 is 27.4. The summed E-state index contributed by atoms with van der Waals surface area (Å²) in [6.45, 7) is 10.9. The van der Waals surface area contributed by atoms with Gasteiger partial charge >= 0.3 is 17.9 Å². The highest BCUT2D eigenvalue weighted by molar-refractivity contribution is 5.97. The Bertz CT molecular complexity index is 1320. The van der Waals surface area contributed by atoms with Crippen LogP contribution in [0.4, 0.5) is 0 Å². The first-order valence-electron chi connectivity index (χ1n) is 10.1. The smallest absolute Gasteiger partial charge is 0.338 e. The molecule has 4 bridgehead atoms. The lowest BCUT2D eigenvalue weighted by Gasteiger charge is -2.20. The number of ether oxygens (including phenoxy) is 3. The van der Waals surface area contributed by atoms with Gasteiger partial charge in [0.25, 0.3) is 0 Å². The van der Waals surface area contributed by atoms with Gasteiger partial charge in [-0.3, -0.25) is 4.79 Å². The lowest BCUT2D eigenvalue weighted by Crippen LogP contribution is -2.35. The van der Waals surface area contributed by atoms with Crippen molar-refractivity contribution in [2.45, 2.75) is 38.5 Å². The van der Waals surface area contributed by atoms with Crippen molar-refractivity contribution in [2.24, 2.45) is 0 Å². The van der Waals surface area contributed by atoms with Crippen molar-refractivity contribution in [1.29, 1.82) is 0 Å². The molecule has 32 heavy (non-hydrogen) atoms. The topological polar surface area (TPSA) is 105 Å². The van der Waals surface area contributed by atoms with E-state index >= 15 is 0 Å². The van der Waals surface area contributed by atoms with Crippen LogP contribution in [0.3, 0.4) is 0 Å². The number of carbonyl (C=O) groups is 3. The number of benzene rings is 1. The Morgan fingerprint density at radius 3 is 2.66 bits per heavy atom. The molecule has 0 spiro atoms. The summed E-state index contributed by atoms with van der Waals surface area (Å²) in [6, 6.07) is 3.48. The van der Waals surface area contributed by atoms with Gasteiger partial charge in [-0.15, -0.1) is 0 Å². The normalized spacial score (nSPS) is 18.2. The summed E-state index contributed by atoms with van der Waals surface area (Å²) >= 11 is 0. The van der Waals surface area contributed by atoms with Crippen LogP contribution in [0.1, 0.15) is 36.0 Å². The molecule has 0 saturated carbocycles. The molecule has 0 N–H and O–H groups in total. The van der Waals surface area contributed by atoms with Crippen LogP contribution in [0.5, 0.6) is 11.5 Å². The van der Waals surface area contributed by atoms with E-state index in [1.54, 1.807) is 13.0 Å². The predicted octanol–water partition coefficient (Wildman–Crippen LogP) is 3.70. The van der Waals surface area contributed by atoms with Crippen LogP contribution in [0.2, 0.25) is 0 Å². The van der Waals surface area contributed by atoms with Crippen molar-refractivity contribution in [3.8, 4) is 11.5 Å². The maximum atomic E-state index is 12.8. The van der Waals surface area contributed by atoms with E-state index in [2.05, 4.69) is 13.2 Å². The third-order valence-corrected chi connectivity index (χ3v) is 5.90. The van der Waals surface area contributed by atoms with E-state index in [9.17, 15) is 14.4 Å². The van der Waals surface area contributed by atoms with Gasteiger partial charge in [0, 0.05) is 42.0 Å². The molecule has 164 valence electrons. The van der Waals surface area contributed by atoms with Crippen molar-refractivity contribution < 1.29 is 37.4 Å². The van der Waals surface area contributed by atoms with Crippen LogP contribution in [0.25, 0.3) is 11.2 Å². The van der Waals surface area contributed by atoms with Crippen LogP contribution >= 0.6 is 0 Å². The first-order valence-corrected chi connectivity index (χ1v) is 10.1. The van der Waals surface area contributed by atoms with Crippen molar-refractivity contribution >= 4 is 29.1 Å². The fourth-order valence-electron chi connectivity index (χ4n) is 4.31. The molecule has 5 heterocycles. The van der Waals surface area contributed by atoms with Gasteiger partial charge in [-0.25, -0.2) is 9.59 Å². The third-order valence-electron chi connectivity index (χ3n) is 5.90. The van der Waals surface area contributed by atoms with Crippen LogP contribution < -0.4 is 9.47 Å². The van der Waals surface area contributed by atoms with Gasteiger partial charge in [-0.1, -0.05) is 13.2 Å². The zero-order chi connectivity index (χ0) is 22.8. The lowest BCUT2D eigenvalue weighted by molar-refractivity contribution is -0.139. The maximum absolute atomic E-state index is 12.8. The van der Waals surface area contributed by atoms with Crippen LogP contribution in [0, 0.1) is 6.92 Å². The van der Waals surface area contributed by atoms with Gasteiger partial charge in [-0.2, -0.15) is 0 Å². The first-order chi connectivity index (χ1) is 15.2. The first kappa shape index (κ1) is 20.1. The highest BCUT2D eigenvalue weighted by Gasteiger charge is 2.60. The number of carbonyl (C=O) groups excluding carboxylic acids is 3. The number of aryl methyl sites for hydroxylation is 1. The number of furan rings is 3. The second kappa shape index (κ2) is 6.85. The maximum Gasteiger partial charge on any atom is 0.338 e. The molecule has 0 amide bonds. The number of hydrogen-bond acceptors (Lipinski definition) is 8. The summed E-state index contributed by atoms with van der Waals surface area (Å²) in [5, 5.41) is 0. The second-order valence-corrected chi connectivity index (χ2v) is 8.32. The van der Waals surface area contributed by atoms with E-state index < -0.39 is 23.3 Å². The molecule has 0 aliphatic carbocycles. The minimum atomic E-state index is -1.12. The molecule has 0 aromatic carbocycles. The molecule has 3 aromatic rings. The van der Waals surface area contributed by atoms with E-state index in [1.807, 2.05) is 13.0 Å². The summed E-state index contributed by atoms with van der Waals surface area (Å²) in [7, 11) is 0. The van der Waals surface area contributed by atoms with Gasteiger partial charge < -0.3 is 23.0 Å². The predicted molar refractivity (Wildman–Crippen MR) is 111 cm³/mol. The van der Waals surface area contributed by atoms with Gasteiger partial charge in [0.2, 0.25) is 0 Å². The summed E-state index contributed by atoms with van der Waals surface area (Å²) in [4.78, 5) is 37.0. The number of hydrogen-bond donors (Lipinski definition) is 0. The average Bonchev–Trinajstić information content (AvgIpc) is 3.49. The van der Waals surface area contributed by atoms with Crippen LogP contribution in [0.15, 0.2) is 45.3 Å². The average molecular weight is 436 g/mol. The molecule has 8 nitrogen and oxygen atoms in total. The van der Waals surface area contributed by atoms with E-state index in [1.165, 1.54) is 0 Å². The molecule has 2 aliphatic heterocycles. The Hall–Kier alpha value is -3.81. The Labute approximate surface area is 182 Å². The molecule has 0 fully saturated rings. The van der Waals surface area contributed by atoms with Crippen molar-refractivity contribution in [2.75, 3.05) is 6.61 Å². The Balaban J connectivity index is 1.29. The molecule has 0 radical (unpaired) electrons. The van der Waals surface area contributed by atoms with Crippen molar-refractivity contribution in [3.05, 3.63) is 59.1 Å². The molecular weight excluding hydrogens is 416 g/mol. The minimum absolute atomic E-state index is 0.0137. The SMILES string of the molecule is C=C(C)C(=O)OCCc1c2oc3c1OC(=O)C3(CC(=C)C(=O)Oc1cc3cc(C)c1o3)C2. The number of fused-ring (bicyclic) bond motifs is 3. The molecule has 8 heteroatoms. The standard InChI is InChI=1S/C24H20O8/c1-11(2)21(25)28-6-5-15-17-10-24(20(30-17)19(15)32-23(24)27)9-13(4)22(26)31-16-8-14-7-12(3)18(16)29-14/h7-8H,1,4-6,9-10H2,2-3H3. The summed E-state index contributed by atoms with van der Waals surface area (Å²) in [5.41, 5.74) is 2.02. The zero-order valence-corrected chi connectivity index (χ0v) is 17.7. The highest BCUT2D eigenvalue weighted by atomic mass is 16.6. The molecule has 1 unspecified atom stereocenters. The van der Waals surface area contributed by atoms with E-state index in [0.29, 0.717) is 51.7 Å².